The largest absolute Gasteiger partial charge is 0.490 e. The molecule has 1 aliphatic heterocycles. The molecule has 0 saturated carbocycles. The minimum absolute atomic E-state index is 0.102. The molecule has 1 heterocycles. The number of nitrogens with one attached hydrogen (secondary N) is 1. The van der Waals surface area contributed by atoms with Gasteiger partial charge in [0.05, 0.1) is 5.56 Å². The highest BCUT2D eigenvalue weighted by molar-refractivity contribution is 6.30. The van der Waals surface area contributed by atoms with Gasteiger partial charge in [0.15, 0.2) is 0 Å². The van der Waals surface area contributed by atoms with Crippen LogP contribution in [0.3, 0.4) is 0 Å². The van der Waals surface area contributed by atoms with Crippen LogP contribution >= 0.6 is 11.6 Å². The zero-order valence-corrected chi connectivity index (χ0v) is 17.1. The second kappa shape index (κ2) is 10.6. The van der Waals surface area contributed by atoms with Gasteiger partial charge < -0.3 is 20.9 Å². The summed E-state index contributed by atoms with van der Waals surface area (Å²) in [4.78, 5) is 13.8. The summed E-state index contributed by atoms with van der Waals surface area (Å²) < 4.78 is 5.58. The number of hydrogen-bond acceptors (Lipinski definition) is 5. The van der Waals surface area contributed by atoms with Gasteiger partial charge >= 0.3 is 0 Å². The van der Waals surface area contributed by atoms with E-state index in [1.807, 2.05) is 18.2 Å². The number of carbonyl (C=O) groups is 1. The molecule has 2 aromatic carbocycles. The summed E-state index contributed by atoms with van der Waals surface area (Å²) in [5, 5.41) is 14.4. The molecule has 1 fully saturated rings. The van der Waals surface area contributed by atoms with Crippen molar-refractivity contribution in [3.05, 3.63) is 64.7 Å². The number of rotatable bonds is 9. The van der Waals surface area contributed by atoms with E-state index in [0.717, 1.165) is 37.5 Å². The number of nitrogens with two attached hydrogens (primary N) is 1. The number of hydrogen-bond donors (Lipinski definition) is 3. The predicted molar refractivity (Wildman–Crippen MR) is 114 cm³/mol. The van der Waals surface area contributed by atoms with Crippen molar-refractivity contribution in [2.24, 2.45) is 5.73 Å². The van der Waals surface area contributed by atoms with Gasteiger partial charge in [-0.2, -0.15) is 0 Å². The first kappa shape index (κ1) is 21.6. The van der Waals surface area contributed by atoms with Gasteiger partial charge in [0.1, 0.15) is 18.5 Å². The van der Waals surface area contributed by atoms with Gasteiger partial charge in [0, 0.05) is 24.2 Å². The summed E-state index contributed by atoms with van der Waals surface area (Å²) in [5.74, 6) is -0.147. The molecule has 156 valence electrons. The summed E-state index contributed by atoms with van der Waals surface area (Å²) in [6.45, 7) is 3.46. The smallest absolute Gasteiger partial charge is 0.252 e. The molecular formula is C22H28ClN3O3. The summed E-state index contributed by atoms with van der Waals surface area (Å²) >= 11 is 6.06. The molecule has 29 heavy (non-hydrogen) atoms. The number of amides is 1. The van der Waals surface area contributed by atoms with E-state index in [0.29, 0.717) is 23.9 Å². The van der Waals surface area contributed by atoms with Crippen LogP contribution in [0.5, 0.6) is 5.75 Å². The molecule has 0 radical (unpaired) electrons. The highest BCUT2D eigenvalue weighted by Gasteiger charge is 2.20. The summed E-state index contributed by atoms with van der Waals surface area (Å²) in [7, 11) is 0. The Hall–Kier alpha value is -2.12. The number of primary amides is 1. The second-order valence-corrected chi connectivity index (χ2v) is 7.85. The van der Waals surface area contributed by atoms with E-state index in [9.17, 15) is 9.90 Å². The van der Waals surface area contributed by atoms with Crippen LogP contribution in [0.15, 0.2) is 48.5 Å². The van der Waals surface area contributed by atoms with Crippen LogP contribution in [0.1, 0.15) is 28.8 Å². The lowest BCUT2D eigenvalue weighted by Gasteiger charge is -2.33. The van der Waals surface area contributed by atoms with E-state index in [-0.39, 0.29) is 6.61 Å². The maximum Gasteiger partial charge on any atom is 0.252 e. The molecule has 0 aliphatic carbocycles. The molecule has 4 N–H and O–H groups in total. The first-order chi connectivity index (χ1) is 14.0. The van der Waals surface area contributed by atoms with Gasteiger partial charge in [-0.25, -0.2) is 0 Å². The minimum atomic E-state index is -0.666. The lowest BCUT2D eigenvalue weighted by molar-refractivity contribution is 0.0933. The number of para-hydroxylation sites is 1. The Morgan fingerprint density at radius 2 is 2.00 bits per heavy atom. The Morgan fingerprint density at radius 1 is 1.24 bits per heavy atom. The number of aliphatic hydroxyl groups is 1. The molecule has 1 amide bonds. The maximum atomic E-state index is 11.4. The SMILES string of the molecule is NC(=O)c1ccccc1OCC(O)CNC1CCN(Cc2cccc(Cl)c2)CC1. The van der Waals surface area contributed by atoms with Gasteiger partial charge in [-0.05, 0) is 55.8 Å². The van der Waals surface area contributed by atoms with Crippen LogP contribution in [-0.2, 0) is 6.54 Å². The molecule has 2 aromatic rings. The summed E-state index contributed by atoms with van der Waals surface area (Å²) in [6.07, 6.45) is 1.39. The zero-order valence-electron chi connectivity index (χ0n) is 16.4. The Bertz CT molecular complexity index is 809. The van der Waals surface area contributed by atoms with Crippen molar-refractivity contribution >= 4 is 17.5 Å². The Kier molecular flexibility index (Phi) is 7.89. The molecular weight excluding hydrogens is 390 g/mol. The van der Waals surface area contributed by atoms with Gasteiger partial charge in [-0.3, -0.25) is 9.69 Å². The summed E-state index contributed by atoms with van der Waals surface area (Å²) in [6, 6.07) is 15.1. The van der Waals surface area contributed by atoms with E-state index in [1.165, 1.54) is 5.56 Å². The third-order valence-electron chi connectivity index (χ3n) is 5.11. The fourth-order valence-electron chi connectivity index (χ4n) is 3.53. The molecule has 0 bridgehead atoms. The van der Waals surface area contributed by atoms with Crippen molar-refractivity contribution in [3.63, 3.8) is 0 Å². The number of piperidine rings is 1. The van der Waals surface area contributed by atoms with Gasteiger partial charge in [0.2, 0.25) is 0 Å². The molecule has 1 unspecified atom stereocenters. The van der Waals surface area contributed by atoms with Crippen LogP contribution in [-0.4, -0.2) is 54.3 Å². The molecule has 0 aromatic heterocycles. The number of nitrogens with zero attached hydrogens (tertiary/aromatic N) is 1. The third-order valence-corrected chi connectivity index (χ3v) is 5.34. The fraction of sp³-hybridized carbons (Fsp3) is 0.409. The van der Waals surface area contributed by atoms with Gasteiger partial charge in [-0.1, -0.05) is 35.9 Å². The normalized spacial score (nSPS) is 16.5. The molecule has 6 nitrogen and oxygen atoms in total. The van der Waals surface area contributed by atoms with Crippen LogP contribution < -0.4 is 15.8 Å². The number of likely N-dealkylation sites (tertiary alicyclic amines) is 1. The van der Waals surface area contributed by atoms with E-state index < -0.39 is 12.0 Å². The molecule has 7 heteroatoms. The predicted octanol–water partition coefficient (Wildman–Crippen LogP) is 2.43. The molecule has 1 saturated heterocycles. The van der Waals surface area contributed by atoms with Crippen LogP contribution in [0.25, 0.3) is 0 Å². The number of ether oxygens (including phenoxy) is 1. The second-order valence-electron chi connectivity index (χ2n) is 7.41. The maximum absolute atomic E-state index is 11.4. The van der Waals surface area contributed by atoms with Gasteiger partial charge in [0.25, 0.3) is 5.91 Å². The van der Waals surface area contributed by atoms with E-state index >= 15 is 0 Å². The van der Waals surface area contributed by atoms with Crippen molar-refractivity contribution in [2.75, 3.05) is 26.2 Å². The first-order valence-corrected chi connectivity index (χ1v) is 10.3. The quantitative estimate of drug-likeness (QED) is 0.583. The Morgan fingerprint density at radius 3 is 2.72 bits per heavy atom. The van der Waals surface area contributed by atoms with E-state index in [1.54, 1.807) is 24.3 Å². The molecule has 1 aliphatic rings. The zero-order chi connectivity index (χ0) is 20.6. The van der Waals surface area contributed by atoms with Crippen molar-refractivity contribution in [1.82, 2.24) is 10.2 Å². The lowest BCUT2D eigenvalue weighted by Crippen LogP contribution is -2.45. The molecule has 3 rings (SSSR count). The highest BCUT2D eigenvalue weighted by Crippen LogP contribution is 2.18. The lowest BCUT2D eigenvalue weighted by atomic mass is 10.0. The number of carbonyl (C=O) groups excluding carboxylic acids is 1. The topological polar surface area (TPSA) is 87.8 Å². The Balaban J connectivity index is 1.36. The van der Waals surface area contributed by atoms with Crippen molar-refractivity contribution in [3.8, 4) is 5.75 Å². The monoisotopic (exact) mass is 417 g/mol. The average molecular weight is 418 g/mol. The first-order valence-electron chi connectivity index (χ1n) is 9.91. The number of aliphatic hydroxyl groups excluding tert-OH is 1. The van der Waals surface area contributed by atoms with Crippen molar-refractivity contribution < 1.29 is 14.6 Å². The standard InChI is InChI=1S/C22H28ClN3O3/c23-17-5-3-4-16(12-17)14-26-10-8-18(9-11-26)25-13-19(27)15-29-21-7-2-1-6-20(21)22(24)28/h1-7,12,18-19,25,27H,8-11,13-15H2,(H2,24,28). The highest BCUT2D eigenvalue weighted by atomic mass is 35.5. The van der Waals surface area contributed by atoms with Crippen LogP contribution in [0, 0.1) is 0 Å². The van der Waals surface area contributed by atoms with Gasteiger partial charge in [-0.15, -0.1) is 0 Å². The molecule has 1 atom stereocenters. The molecule has 0 spiro atoms. The van der Waals surface area contributed by atoms with Crippen LogP contribution in [0.2, 0.25) is 5.02 Å². The van der Waals surface area contributed by atoms with Crippen molar-refractivity contribution in [2.45, 2.75) is 31.5 Å². The van der Waals surface area contributed by atoms with Crippen molar-refractivity contribution in [1.29, 1.82) is 0 Å². The third kappa shape index (κ3) is 6.72. The number of halogens is 1. The van der Waals surface area contributed by atoms with Crippen LogP contribution in [0.4, 0.5) is 0 Å². The fourth-order valence-corrected chi connectivity index (χ4v) is 3.75. The average Bonchev–Trinajstić information content (AvgIpc) is 2.72. The summed E-state index contributed by atoms with van der Waals surface area (Å²) in [5.41, 5.74) is 6.89. The minimum Gasteiger partial charge on any atom is -0.490 e. The van der Waals surface area contributed by atoms with E-state index in [2.05, 4.69) is 16.3 Å². The van der Waals surface area contributed by atoms with E-state index in [4.69, 9.17) is 22.1 Å². The Labute approximate surface area is 176 Å². The number of benzene rings is 2.